The fourth-order valence-corrected chi connectivity index (χ4v) is 4.35. The van der Waals surface area contributed by atoms with Gasteiger partial charge in [-0.2, -0.15) is 0 Å². The van der Waals surface area contributed by atoms with Crippen LogP contribution >= 0.6 is 0 Å². The molecule has 1 amide bonds. The predicted octanol–water partition coefficient (Wildman–Crippen LogP) is 5.07. The highest BCUT2D eigenvalue weighted by atomic mass is 16.2. The first-order valence-corrected chi connectivity index (χ1v) is 9.63. The number of amides is 1. The number of carbonyl (C=O) groups is 2. The molecular weight excluding hydrogens is 346 g/mol. The van der Waals surface area contributed by atoms with Crippen LogP contribution in [0.5, 0.6) is 0 Å². The molecule has 0 N–H and O–H groups in total. The number of carbonyl (C=O) groups excluding carboxylic acids is 2. The van der Waals surface area contributed by atoms with Gasteiger partial charge in [0.1, 0.15) is 5.78 Å². The molecule has 3 aromatic rings. The average molecular weight is 369 g/mol. The van der Waals surface area contributed by atoms with Crippen molar-refractivity contribution in [2.75, 3.05) is 0 Å². The Morgan fingerprint density at radius 2 is 1.21 bits per heavy atom. The molecule has 0 aliphatic carbocycles. The zero-order valence-corrected chi connectivity index (χ0v) is 15.9. The fourth-order valence-electron chi connectivity index (χ4n) is 4.35. The van der Waals surface area contributed by atoms with E-state index in [0.29, 0.717) is 6.42 Å². The van der Waals surface area contributed by atoms with Gasteiger partial charge in [0.25, 0.3) is 0 Å². The summed E-state index contributed by atoms with van der Waals surface area (Å²) in [5, 5.41) is 0. The third-order valence-electron chi connectivity index (χ3n) is 5.54. The number of rotatable bonds is 3. The van der Waals surface area contributed by atoms with Gasteiger partial charge in [0, 0.05) is 13.3 Å². The Kier molecular flexibility index (Phi) is 5.07. The molecule has 1 heterocycles. The maximum absolute atomic E-state index is 13.4. The topological polar surface area (TPSA) is 37.4 Å². The number of hydrogen-bond acceptors (Lipinski definition) is 2. The van der Waals surface area contributed by atoms with E-state index in [1.807, 2.05) is 95.9 Å². The highest BCUT2D eigenvalue weighted by Crippen LogP contribution is 2.47. The first-order chi connectivity index (χ1) is 13.7. The molecule has 3 nitrogen and oxygen atoms in total. The first-order valence-electron chi connectivity index (χ1n) is 9.63. The Morgan fingerprint density at radius 1 is 0.750 bits per heavy atom. The van der Waals surface area contributed by atoms with Gasteiger partial charge in [-0.1, -0.05) is 91.0 Å². The quantitative estimate of drug-likeness (QED) is 0.646. The number of likely N-dealkylation sites (tertiary alicyclic amines) is 1. The van der Waals surface area contributed by atoms with Crippen molar-refractivity contribution in [2.45, 2.75) is 31.3 Å². The summed E-state index contributed by atoms with van der Waals surface area (Å²) in [4.78, 5) is 28.2. The van der Waals surface area contributed by atoms with Crippen LogP contribution in [0.4, 0.5) is 0 Å². The van der Waals surface area contributed by atoms with Crippen molar-refractivity contribution < 1.29 is 9.59 Å². The number of hydrogen-bond donors (Lipinski definition) is 0. The van der Waals surface area contributed by atoms with Gasteiger partial charge in [-0.05, 0) is 16.7 Å². The van der Waals surface area contributed by atoms with E-state index in [4.69, 9.17) is 0 Å². The highest BCUT2D eigenvalue weighted by molar-refractivity contribution is 5.90. The van der Waals surface area contributed by atoms with Crippen molar-refractivity contribution in [1.82, 2.24) is 4.90 Å². The summed E-state index contributed by atoms with van der Waals surface area (Å²) in [6.45, 7) is 1.60. The molecule has 1 aliphatic heterocycles. The van der Waals surface area contributed by atoms with Crippen LogP contribution in [0.25, 0.3) is 0 Å². The molecule has 0 aromatic heterocycles. The molecule has 1 aliphatic rings. The van der Waals surface area contributed by atoms with Crippen molar-refractivity contribution in [2.24, 2.45) is 0 Å². The predicted molar refractivity (Wildman–Crippen MR) is 110 cm³/mol. The second-order valence-electron chi connectivity index (χ2n) is 7.27. The number of benzene rings is 3. The minimum atomic E-state index is -0.368. The lowest BCUT2D eigenvalue weighted by molar-refractivity contribution is -0.142. The van der Waals surface area contributed by atoms with Crippen molar-refractivity contribution in [3.8, 4) is 0 Å². The summed E-state index contributed by atoms with van der Waals surface area (Å²) in [6, 6.07) is 29.0. The summed E-state index contributed by atoms with van der Waals surface area (Å²) >= 11 is 0. The maximum atomic E-state index is 13.4. The summed E-state index contributed by atoms with van der Waals surface area (Å²) in [5.41, 5.74) is 2.94. The van der Waals surface area contributed by atoms with Gasteiger partial charge >= 0.3 is 0 Å². The molecule has 0 spiro atoms. The summed E-state index contributed by atoms with van der Waals surface area (Å²) in [7, 11) is 0. The Hall–Kier alpha value is -3.20. The third kappa shape index (κ3) is 3.36. The molecule has 0 saturated carbocycles. The minimum absolute atomic E-state index is 0.0175. The lowest BCUT2D eigenvalue weighted by atomic mass is 9.75. The Labute approximate surface area is 165 Å². The van der Waals surface area contributed by atoms with Gasteiger partial charge in [-0.15, -0.1) is 0 Å². The molecule has 1 saturated heterocycles. The first kappa shape index (κ1) is 18.2. The number of ketones is 1. The van der Waals surface area contributed by atoms with Gasteiger partial charge in [0.15, 0.2) is 0 Å². The van der Waals surface area contributed by atoms with E-state index in [0.717, 1.165) is 16.7 Å². The molecule has 4 rings (SSSR count). The molecule has 3 atom stereocenters. The average Bonchev–Trinajstić information content (AvgIpc) is 2.74. The number of piperidine rings is 1. The van der Waals surface area contributed by atoms with Crippen LogP contribution in [0, 0.1) is 0 Å². The molecule has 0 radical (unpaired) electrons. The monoisotopic (exact) mass is 369 g/mol. The van der Waals surface area contributed by atoms with Crippen LogP contribution in [0.3, 0.4) is 0 Å². The molecule has 3 aromatic carbocycles. The van der Waals surface area contributed by atoms with Crippen LogP contribution in [0.2, 0.25) is 0 Å². The van der Waals surface area contributed by atoms with Crippen molar-refractivity contribution in [3.63, 3.8) is 0 Å². The molecule has 0 bridgehead atoms. The van der Waals surface area contributed by atoms with Crippen LogP contribution in [-0.2, 0) is 9.59 Å². The van der Waals surface area contributed by atoms with E-state index in [-0.39, 0.29) is 29.7 Å². The lowest BCUT2D eigenvalue weighted by Gasteiger charge is -2.46. The minimum Gasteiger partial charge on any atom is -0.327 e. The summed E-state index contributed by atoms with van der Waals surface area (Å²) in [6.07, 6.45) is 0.326. The van der Waals surface area contributed by atoms with Crippen molar-refractivity contribution in [3.05, 3.63) is 108 Å². The van der Waals surface area contributed by atoms with Gasteiger partial charge in [0.05, 0.1) is 18.0 Å². The van der Waals surface area contributed by atoms with E-state index in [1.54, 1.807) is 6.92 Å². The molecule has 3 heteroatoms. The number of Topliss-reactive ketones (excluding diaryl/α,β-unsaturated/α-hetero) is 1. The Morgan fingerprint density at radius 3 is 1.71 bits per heavy atom. The smallest absolute Gasteiger partial charge is 0.220 e. The fraction of sp³-hybridized carbons (Fsp3) is 0.200. The SMILES string of the molecule is CC(=O)N1[C@H](c2ccccc2)[C@H](c2ccccc2)C(=O)C[C@H]1c1ccccc1. The molecule has 0 unspecified atom stereocenters. The Bertz CT molecular complexity index is 954. The molecular formula is C25H23NO2. The number of nitrogens with zero attached hydrogens (tertiary/aromatic N) is 1. The van der Waals surface area contributed by atoms with E-state index < -0.39 is 0 Å². The summed E-state index contributed by atoms with van der Waals surface area (Å²) in [5.74, 6) is -0.213. The lowest BCUT2D eigenvalue weighted by Crippen LogP contribution is -2.46. The second kappa shape index (κ2) is 7.81. The van der Waals surface area contributed by atoms with E-state index >= 15 is 0 Å². The zero-order chi connectivity index (χ0) is 19.5. The zero-order valence-electron chi connectivity index (χ0n) is 15.9. The van der Waals surface area contributed by atoms with Crippen molar-refractivity contribution in [1.29, 1.82) is 0 Å². The maximum Gasteiger partial charge on any atom is 0.220 e. The molecule has 1 fully saturated rings. The van der Waals surface area contributed by atoms with Gasteiger partial charge in [0.2, 0.25) is 5.91 Å². The van der Waals surface area contributed by atoms with Crippen LogP contribution in [0.1, 0.15) is 48.0 Å². The molecule has 140 valence electrons. The van der Waals surface area contributed by atoms with Crippen LogP contribution < -0.4 is 0 Å². The second-order valence-corrected chi connectivity index (χ2v) is 7.27. The molecule has 28 heavy (non-hydrogen) atoms. The normalized spacial score (nSPS) is 22.1. The third-order valence-corrected chi connectivity index (χ3v) is 5.54. The van der Waals surface area contributed by atoms with E-state index in [9.17, 15) is 9.59 Å². The van der Waals surface area contributed by atoms with E-state index in [1.165, 1.54) is 0 Å². The highest BCUT2D eigenvalue weighted by Gasteiger charge is 2.45. The van der Waals surface area contributed by atoms with Gasteiger partial charge < -0.3 is 4.90 Å². The van der Waals surface area contributed by atoms with Crippen LogP contribution in [-0.4, -0.2) is 16.6 Å². The van der Waals surface area contributed by atoms with Crippen LogP contribution in [0.15, 0.2) is 91.0 Å². The standard InChI is InChI=1S/C25H23NO2/c1-18(27)26-22(19-11-5-2-6-12-19)17-23(28)24(20-13-7-3-8-14-20)25(26)21-15-9-4-10-16-21/h2-16,22,24-25H,17H2,1H3/t22-,24+,25+/m0/s1. The van der Waals surface area contributed by atoms with Crippen molar-refractivity contribution >= 4 is 11.7 Å². The summed E-state index contributed by atoms with van der Waals surface area (Å²) < 4.78 is 0. The Balaban J connectivity index is 1.88. The van der Waals surface area contributed by atoms with E-state index in [2.05, 4.69) is 0 Å². The largest absolute Gasteiger partial charge is 0.327 e. The van der Waals surface area contributed by atoms with Gasteiger partial charge in [-0.25, -0.2) is 0 Å². The van der Waals surface area contributed by atoms with Gasteiger partial charge in [-0.3, -0.25) is 9.59 Å².